The second-order valence-corrected chi connectivity index (χ2v) is 8.32. The molecule has 0 aromatic heterocycles. The minimum absolute atomic E-state index is 0.0824. The normalized spacial score (nSPS) is 32.8. The molecule has 1 amide bonds. The van der Waals surface area contributed by atoms with E-state index in [0.717, 1.165) is 25.7 Å². The largest absolute Gasteiger partial charge is 0.373 e. The average Bonchev–Trinajstić information content (AvgIpc) is 3.10. The van der Waals surface area contributed by atoms with Crippen LogP contribution in [0, 0.1) is 0 Å². The smallest absolute Gasteiger partial charge is 0.237 e. The molecule has 2 aliphatic rings. The molecule has 0 aliphatic carbocycles. The number of hydrogen-bond donors (Lipinski definition) is 1. The van der Waals surface area contributed by atoms with Gasteiger partial charge in [-0.25, -0.2) is 0 Å². The highest BCUT2D eigenvalue weighted by Crippen LogP contribution is 2.40. The molecular formula is C16H29NO3S. The maximum atomic E-state index is 12.5. The first kappa shape index (κ1) is 17.1. The Morgan fingerprint density at radius 2 is 2.05 bits per heavy atom. The molecule has 3 unspecified atom stereocenters. The summed E-state index contributed by atoms with van der Waals surface area (Å²) in [4.78, 5) is 14.2. The van der Waals surface area contributed by atoms with Crippen LogP contribution in [0.1, 0.15) is 59.8 Å². The molecule has 4 atom stereocenters. The van der Waals surface area contributed by atoms with Crippen LogP contribution in [0.2, 0.25) is 0 Å². The second kappa shape index (κ2) is 6.88. The number of nitrogens with zero attached hydrogens (tertiary/aromatic N) is 1. The van der Waals surface area contributed by atoms with Crippen molar-refractivity contribution in [3.05, 3.63) is 0 Å². The molecule has 122 valence electrons. The van der Waals surface area contributed by atoms with E-state index in [1.54, 1.807) is 16.7 Å². The third kappa shape index (κ3) is 4.14. The van der Waals surface area contributed by atoms with Gasteiger partial charge in [-0.1, -0.05) is 20.8 Å². The van der Waals surface area contributed by atoms with E-state index >= 15 is 0 Å². The van der Waals surface area contributed by atoms with Gasteiger partial charge >= 0.3 is 0 Å². The fourth-order valence-electron chi connectivity index (χ4n) is 2.87. The number of aliphatic hydroxyl groups excluding tert-OH is 1. The minimum atomic E-state index is -0.606. The molecule has 0 spiro atoms. The quantitative estimate of drug-likeness (QED) is 0.700. The van der Waals surface area contributed by atoms with E-state index in [1.165, 1.54) is 0 Å². The van der Waals surface area contributed by atoms with E-state index in [4.69, 9.17) is 4.74 Å². The number of aliphatic hydroxyl groups is 1. The molecule has 2 fully saturated rings. The molecule has 5 heteroatoms. The monoisotopic (exact) mass is 315 g/mol. The highest BCUT2D eigenvalue weighted by Gasteiger charge is 2.42. The maximum absolute atomic E-state index is 12.5. The number of hydrogen-bond acceptors (Lipinski definition) is 4. The van der Waals surface area contributed by atoms with Crippen LogP contribution in [0.5, 0.6) is 0 Å². The molecule has 2 aliphatic heterocycles. The lowest BCUT2D eigenvalue weighted by Crippen LogP contribution is -2.35. The van der Waals surface area contributed by atoms with Crippen molar-refractivity contribution < 1.29 is 14.6 Å². The van der Waals surface area contributed by atoms with Crippen molar-refractivity contribution in [3.63, 3.8) is 0 Å². The third-order valence-electron chi connectivity index (χ3n) is 4.99. The van der Waals surface area contributed by atoms with Gasteiger partial charge < -0.3 is 14.7 Å². The Hall–Kier alpha value is -0.260. The maximum Gasteiger partial charge on any atom is 0.237 e. The summed E-state index contributed by atoms with van der Waals surface area (Å²) in [5.41, 5.74) is 0. The molecule has 1 N–H and O–H groups in total. The van der Waals surface area contributed by atoms with E-state index in [-0.39, 0.29) is 15.9 Å². The lowest BCUT2D eigenvalue weighted by Gasteiger charge is -2.28. The average molecular weight is 315 g/mol. The molecule has 4 nitrogen and oxygen atoms in total. The fourth-order valence-corrected chi connectivity index (χ4v) is 4.39. The van der Waals surface area contributed by atoms with Crippen LogP contribution in [0.15, 0.2) is 0 Å². The van der Waals surface area contributed by atoms with Crippen molar-refractivity contribution in [2.45, 2.75) is 88.2 Å². The predicted octanol–water partition coefficient (Wildman–Crippen LogP) is 2.79. The molecule has 2 saturated heterocycles. The molecule has 2 rings (SSSR count). The fraction of sp³-hybridized carbons (Fsp3) is 0.938. The second-order valence-electron chi connectivity index (χ2n) is 6.53. The first-order chi connectivity index (χ1) is 9.90. The Labute approximate surface area is 132 Å². The molecule has 0 saturated carbocycles. The van der Waals surface area contributed by atoms with Gasteiger partial charge in [-0.2, -0.15) is 0 Å². The van der Waals surface area contributed by atoms with E-state index in [9.17, 15) is 9.90 Å². The van der Waals surface area contributed by atoms with Crippen molar-refractivity contribution in [2.75, 3.05) is 6.54 Å². The Bertz CT molecular complexity index is 373. The lowest BCUT2D eigenvalue weighted by atomic mass is 10.1. The van der Waals surface area contributed by atoms with Crippen LogP contribution in [-0.4, -0.2) is 50.9 Å². The summed E-state index contributed by atoms with van der Waals surface area (Å²) in [6, 6.07) is 0. The van der Waals surface area contributed by atoms with E-state index in [1.807, 2.05) is 0 Å². The molecular weight excluding hydrogens is 286 g/mol. The van der Waals surface area contributed by atoms with Gasteiger partial charge in [-0.15, -0.1) is 11.8 Å². The Kier molecular flexibility index (Phi) is 5.60. The Morgan fingerprint density at radius 3 is 2.57 bits per heavy atom. The SMILES string of the molecule is CCC(C)(CC)S[C@H]1CC(O)N(CCCC2OC2C)C1=O. The number of carbonyl (C=O) groups is 1. The van der Waals surface area contributed by atoms with Crippen molar-refractivity contribution >= 4 is 17.7 Å². The highest BCUT2D eigenvalue weighted by atomic mass is 32.2. The number of likely N-dealkylation sites (tertiary alicyclic amines) is 1. The molecule has 0 aromatic rings. The molecule has 2 heterocycles. The topological polar surface area (TPSA) is 53.1 Å². The van der Waals surface area contributed by atoms with E-state index < -0.39 is 6.23 Å². The van der Waals surface area contributed by atoms with Crippen molar-refractivity contribution in [1.29, 1.82) is 0 Å². The summed E-state index contributed by atoms with van der Waals surface area (Å²) < 4.78 is 5.51. The van der Waals surface area contributed by atoms with Gasteiger partial charge in [-0.3, -0.25) is 4.79 Å². The first-order valence-corrected chi connectivity index (χ1v) is 9.10. The minimum Gasteiger partial charge on any atom is -0.373 e. The van der Waals surface area contributed by atoms with Crippen LogP contribution in [-0.2, 0) is 9.53 Å². The standard InChI is InChI=1S/C16H29NO3S/c1-5-16(4,6-2)21-13-10-14(18)17(15(13)19)9-7-8-12-11(3)20-12/h11-14,18H,5-10H2,1-4H3/t11?,12?,13-,14?/m0/s1. The number of thioether (sulfide) groups is 1. The number of carbonyl (C=O) groups excluding carboxylic acids is 1. The van der Waals surface area contributed by atoms with Gasteiger partial charge in [0, 0.05) is 17.7 Å². The predicted molar refractivity (Wildman–Crippen MR) is 86.3 cm³/mol. The van der Waals surface area contributed by atoms with Crippen LogP contribution in [0.25, 0.3) is 0 Å². The van der Waals surface area contributed by atoms with Crippen LogP contribution in [0.3, 0.4) is 0 Å². The highest BCUT2D eigenvalue weighted by molar-refractivity contribution is 8.01. The number of ether oxygens (including phenoxy) is 1. The van der Waals surface area contributed by atoms with Crippen LogP contribution < -0.4 is 0 Å². The molecule has 0 bridgehead atoms. The van der Waals surface area contributed by atoms with Gasteiger partial charge in [0.15, 0.2) is 0 Å². The molecule has 21 heavy (non-hydrogen) atoms. The van der Waals surface area contributed by atoms with Crippen molar-refractivity contribution in [2.24, 2.45) is 0 Å². The molecule has 0 aromatic carbocycles. The molecule has 0 radical (unpaired) electrons. The summed E-state index contributed by atoms with van der Waals surface area (Å²) in [6.45, 7) is 9.27. The summed E-state index contributed by atoms with van der Waals surface area (Å²) in [7, 11) is 0. The lowest BCUT2D eigenvalue weighted by molar-refractivity contribution is -0.132. The van der Waals surface area contributed by atoms with Gasteiger partial charge in [-0.05, 0) is 32.6 Å². The Morgan fingerprint density at radius 1 is 1.43 bits per heavy atom. The van der Waals surface area contributed by atoms with Crippen molar-refractivity contribution in [1.82, 2.24) is 4.90 Å². The zero-order valence-corrected chi connectivity index (χ0v) is 14.5. The first-order valence-electron chi connectivity index (χ1n) is 8.22. The van der Waals surface area contributed by atoms with Crippen LogP contribution in [0.4, 0.5) is 0 Å². The summed E-state index contributed by atoms with van der Waals surface area (Å²) in [6.07, 6.45) is 4.69. The van der Waals surface area contributed by atoms with E-state index in [2.05, 4.69) is 27.7 Å². The number of epoxide rings is 1. The summed E-state index contributed by atoms with van der Waals surface area (Å²) >= 11 is 1.75. The van der Waals surface area contributed by atoms with Crippen LogP contribution >= 0.6 is 11.8 Å². The zero-order chi connectivity index (χ0) is 15.6. The summed E-state index contributed by atoms with van der Waals surface area (Å²) in [5.74, 6) is 0.116. The van der Waals surface area contributed by atoms with Gasteiger partial charge in [0.2, 0.25) is 5.91 Å². The Balaban J connectivity index is 1.82. The number of amides is 1. The zero-order valence-electron chi connectivity index (χ0n) is 13.7. The van der Waals surface area contributed by atoms with E-state index in [0.29, 0.717) is 25.2 Å². The van der Waals surface area contributed by atoms with Gasteiger partial charge in [0.1, 0.15) is 6.23 Å². The third-order valence-corrected chi connectivity index (χ3v) is 6.81. The number of rotatable bonds is 8. The van der Waals surface area contributed by atoms with Gasteiger partial charge in [0.05, 0.1) is 17.5 Å². The summed E-state index contributed by atoms with van der Waals surface area (Å²) in [5, 5.41) is 10.1. The van der Waals surface area contributed by atoms with Gasteiger partial charge in [0.25, 0.3) is 0 Å². The van der Waals surface area contributed by atoms with Crippen molar-refractivity contribution in [3.8, 4) is 0 Å².